The SMILES string of the molecule is Nc1nnc(-c2c[nH]c(C(=O)N3CC=CC3)c2)n1-c1cccc(Cl)c1Cl. The number of hydrogen-bond acceptors (Lipinski definition) is 4. The number of benzene rings is 1. The van der Waals surface area contributed by atoms with E-state index in [9.17, 15) is 4.79 Å². The zero-order chi connectivity index (χ0) is 18.3. The summed E-state index contributed by atoms with van der Waals surface area (Å²) in [6.45, 7) is 1.21. The monoisotopic (exact) mass is 388 g/mol. The minimum absolute atomic E-state index is 0.0823. The molecule has 1 aromatic carbocycles. The Labute approximate surface area is 159 Å². The van der Waals surface area contributed by atoms with Gasteiger partial charge < -0.3 is 15.6 Å². The number of hydrogen-bond donors (Lipinski definition) is 2. The lowest BCUT2D eigenvalue weighted by Gasteiger charge is -2.13. The van der Waals surface area contributed by atoms with Gasteiger partial charge in [0, 0.05) is 24.8 Å². The van der Waals surface area contributed by atoms with Crippen LogP contribution in [0, 0.1) is 0 Å². The van der Waals surface area contributed by atoms with E-state index in [0.29, 0.717) is 45.9 Å². The predicted molar refractivity (Wildman–Crippen MR) is 101 cm³/mol. The van der Waals surface area contributed by atoms with Crippen LogP contribution in [0.5, 0.6) is 0 Å². The second-order valence-corrected chi connectivity index (χ2v) is 6.56. The third-order valence-corrected chi connectivity index (χ3v) is 4.95. The number of nitrogen functional groups attached to an aromatic ring is 1. The van der Waals surface area contributed by atoms with Crippen molar-refractivity contribution in [3.8, 4) is 17.1 Å². The van der Waals surface area contributed by atoms with Crippen molar-refractivity contribution in [2.75, 3.05) is 18.8 Å². The lowest BCUT2D eigenvalue weighted by molar-refractivity contribution is 0.0795. The first kappa shape index (κ1) is 16.7. The van der Waals surface area contributed by atoms with Gasteiger partial charge >= 0.3 is 0 Å². The van der Waals surface area contributed by atoms with Crippen LogP contribution in [0.25, 0.3) is 17.1 Å². The zero-order valence-electron chi connectivity index (χ0n) is 13.5. The minimum atomic E-state index is -0.0823. The molecule has 3 aromatic rings. The Kier molecular flexibility index (Phi) is 4.18. The van der Waals surface area contributed by atoms with Gasteiger partial charge in [-0.05, 0) is 18.2 Å². The van der Waals surface area contributed by atoms with E-state index in [-0.39, 0.29) is 11.9 Å². The molecular weight excluding hydrogens is 375 g/mol. The minimum Gasteiger partial charge on any atom is -0.368 e. The molecule has 0 bridgehead atoms. The first-order valence-corrected chi connectivity index (χ1v) is 8.60. The van der Waals surface area contributed by atoms with Gasteiger partial charge in [-0.1, -0.05) is 41.4 Å². The molecule has 0 spiro atoms. The van der Waals surface area contributed by atoms with Crippen LogP contribution >= 0.6 is 23.2 Å². The molecule has 0 unspecified atom stereocenters. The molecule has 132 valence electrons. The van der Waals surface area contributed by atoms with Gasteiger partial charge in [0.05, 0.1) is 15.7 Å². The first-order valence-electron chi connectivity index (χ1n) is 7.84. The number of carbonyl (C=O) groups is 1. The van der Waals surface area contributed by atoms with E-state index in [0.717, 1.165) is 0 Å². The molecule has 2 aromatic heterocycles. The molecule has 0 saturated heterocycles. The summed E-state index contributed by atoms with van der Waals surface area (Å²) in [6.07, 6.45) is 5.61. The van der Waals surface area contributed by atoms with Gasteiger partial charge in [-0.15, -0.1) is 10.2 Å². The second kappa shape index (κ2) is 6.51. The number of rotatable bonds is 3. The average Bonchev–Trinajstić information content (AvgIpc) is 3.37. The van der Waals surface area contributed by atoms with Crippen LogP contribution in [0.1, 0.15) is 10.5 Å². The summed E-state index contributed by atoms with van der Waals surface area (Å²) in [5.41, 5.74) is 7.69. The highest BCUT2D eigenvalue weighted by Gasteiger charge is 2.21. The van der Waals surface area contributed by atoms with Crippen LogP contribution in [-0.4, -0.2) is 43.6 Å². The fourth-order valence-electron chi connectivity index (χ4n) is 2.85. The molecule has 3 heterocycles. The molecule has 26 heavy (non-hydrogen) atoms. The summed E-state index contributed by atoms with van der Waals surface area (Å²) in [6, 6.07) is 6.94. The molecule has 1 aliphatic heterocycles. The number of aromatic nitrogens is 4. The van der Waals surface area contributed by atoms with Gasteiger partial charge in [0.25, 0.3) is 5.91 Å². The maximum absolute atomic E-state index is 12.5. The summed E-state index contributed by atoms with van der Waals surface area (Å²) in [4.78, 5) is 17.2. The molecule has 4 rings (SSSR count). The van der Waals surface area contributed by atoms with Crippen LogP contribution in [0.2, 0.25) is 10.0 Å². The molecule has 0 radical (unpaired) electrons. The number of H-pyrrole nitrogens is 1. The maximum Gasteiger partial charge on any atom is 0.270 e. The van der Waals surface area contributed by atoms with Crippen molar-refractivity contribution in [1.82, 2.24) is 24.6 Å². The zero-order valence-corrected chi connectivity index (χ0v) is 15.0. The Morgan fingerprint density at radius 3 is 2.73 bits per heavy atom. The lowest BCUT2D eigenvalue weighted by atomic mass is 10.2. The average molecular weight is 389 g/mol. The number of anilines is 1. The number of carbonyl (C=O) groups excluding carboxylic acids is 1. The van der Waals surface area contributed by atoms with Gasteiger partial charge in [0.2, 0.25) is 5.95 Å². The van der Waals surface area contributed by atoms with Crippen molar-refractivity contribution < 1.29 is 4.79 Å². The third kappa shape index (κ3) is 2.75. The smallest absolute Gasteiger partial charge is 0.270 e. The molecule has 0 fully saturated rings. The second-order valence-electron chi connectivity index (χ2n) is 5.77. The molecule has 7 nitrogen and oxygen atoms in total. The van der Waals surface area contributed by atoms with E-state index in [1.165, 1.54) is 0 Å². The Bertz CT molecular complexity index is 1010. The van der Waals surface area contributed by atoms with Gasteiger partial charge in [0.15, 0.2) is 5.82 Å². The highest BCUT2D eigenvalue weighted by molar-refractivity contribution is 6.43. The summed E-state index contributed by atoms with van der Waals surface area (Å²) >= 11 is 12.4. The van der Waals surface area contributed by atoms with E-state index >= 15 is 0 Å². The fraction of sp³-hybridized carbons (Fsp3) is 0.118. The van der Waals surface area contributed by atoms with Crippen LogP contribution < -0.4 is 5.73 Å². The summed E-state index contributed by atoms with van der Waals surface area (Å²) in [7, 11) is 0. The van der Waals surface area contributed by atoms with Crippen LogP contribution in [0.15, 0.2) is 42.6 Å². The molecule has 0 atom stereocenters. The van der Waals surface area contributed by atoms with Crippen LogP contribution in [0.4, 0.5) is 5.95 Å². The van der Waals surface area contributed by atoms with Crippen molar-refractivity contribution in [2.24, 2.45) is 0 Å². The Morgan fingerprint density at radius 1 is 1.19 bits per heavy atom. The van der Waals surface area contributed by atoms with Gasteiger partial charge in [0.1, 0.15) is 5.69 Å². The number of nitrogens with zero attached hydrogens (tertiary/aromatic N) is 4. The molecule has 1 amide bonds. The normalized spacial score (nSPS) is 13.5. The quantitative estimate of drug-likeness (QED) is 0.673. The van der Waals surface area contributed by atoms with Crippen molar-refractivity contribution >= 4 is 35.1 Å². The van der Waals surface area contributed by atoms with Gasteiger partial charge in [-0.25, -0.2) is 0 Å². The van der Waals surface area contributed by atoms with Gasteiger partial charge in [-0.3, -0.25) is 9.36 Å². The molecule has 9 heteroatoms. The third-order valence-electron chi connectivity index (χ3n) is 4.14. The number of aromatic amines is 1. The number of halogens is 2. The van der Waals surface area contributed by atoms with Crippen molar-refractivity contribution in [3.63, 3.8) is 0 Å². The van der Waals surface area contributed by atoms with Crippen molar-refractivity contribution in [1.29, 1.82) is 0 Å². The maximum atomic E-state index is 12.5. The molecule has 0 saturated carbocycles. The van der Waals surface area contributed by atoms with Crippen molar-refractivity contribution in [3.05, 3.63) is 58.4 Å². The van der Waals surface area contributed by atoms with E-state index in [1.54, 1.807) is 39.9 Å². The standard InChI is InChI=1S/C17H14Cl2N6O/c18-11-4-3-5-13(14(11)19)25-15(22-23-17(25)20)10-8-12(21-9-10)16(26)24-6-1-2-7-24/h1-5,8-9,21H,6-7H2,(H2,20,23). The van der Waals surface area contributed by atoms with Gasteiger partial charge in [-0.2, -0.15) is 0 Å². The van der Waals surface area contributed by atoms with Crippen molar-refractivity contribution in [2.45, 2.75) is 0 Å². The molecule has 0 aliphatic carbocycles. The Morgan fingerprint density at radius 2 is 1.96 bits per heavy atom. The molecular formula is C17H14Cl2N6O. The molecule has 3 N–H and O–H groups in total. The first-order chi connectivity index (χ1) is 12.6. The highest BCUT2D eigenvalue weighted by atomic mass is 35.5. The van der Waals surface area contributed by atoms with E-state index in [1.807, 2.05) is 12.2 Å². The lowest BCUT2D eigenvalue weighted by Crippen LogP contribution is -2.28. The Hall–Kier alpha value is -2.77. The predicted octanol–water partition coefficient (Wildman–Crippen LogP) is 3.16. The number of nitrogens with two attached hydrogens (primary N) is 1. The molecule has 1 aliphatic rings. The van der Waals surface area contributed by atoms with Crippen LogP contribution in [-0.2, 0) is 0 Å². The summed E-state index contributed by atoms with van der Waals surface area (Å²) < 4.78 is 1.60. The largest absolute Gasteiger partial charge is 0.368 e. The highest BCUT2D eigenvalue weighted by Crippen LogP contribution is 2.33. The Balaban J connectivity index is 1.74. The number of nitrogens with one attached hydrogen (secondary N) is 1. The van der Waals surface area contributed by atoms with E-state index in [2.05, 4.69) is 15.2 Å². The van der Waals surface area contributed by atoms with E-state index < -0.39 is 0 Å². The topological polar surface area (TPSA) is 92.8 Å². The summed E-state index contributed by atoms with van der Waals surface area (Å²) in [5, 5.41) is 8.82. The summed E-state index contributed by atoms with van der Waals surface area (Å²) in [5.74, 6) is 0.546. The number of amides is 1. The van der Waals surface area contributed by atoms with E-state index in [4.69, 9.17) is 28.9 Å². The fourth-order valence-corrected chi connectivity index (χ4v) is 3.23. The van der Waals surface area contributed by atoms with Crippen LogP contribution in [0.3, 0.4) is 0 Å².